The van der Waals surface area contributed by atoms with Gasteiger partial charge in [0.25, 0.3) is 5.91 Å². The summed E-state index contributed by atoms with van der Waals surface area (Å²) in [4.78, 5) is 11.4. The second-order valence-corrected chi connectivity index (χ2v) is 5.19. The predicted octanol–water partition coefficient (Wildman–Crippen LogP) is 2.96. The van der Waals surface area contributed by atoms with E-state index in [-0.39, 0.29) is 22.7 Å². The standard InChI is InChI=1S/C16H11F3N4O2/c17-16(18,19)10-4-1-8(2-5-10)9-3-6-12(24)11(7-9)13-14(15(20)25)22-23-21-13/h1-7,24H,(H2,20,25)(H,21,22,23). The zero-order valence-corrected chi connectivity index (χ0v) is 12.5. The van der Waals surface area contributed by atoms with Gasteiger partial charge in [-0.25, -0.2) is 0 Å². The molecule has 3 aromatic rings. The molecule has 0 unspecified atom stereocenters. The highest BCUT2D eigenvalue weighted by Gasteiger charge is 2.30. The Morgan fingerprint density at radius 3 is 2.28 bits per heavy atom. The first-order chi connectivity index (χ1) is 11.8. The number of H-pyrrole nitrogens is 1. The molecule has 3 rings (SSSR count). The Morgan fingerprint density at radius 1 is 1.04 bits per heavy atom. The van der Waals surface area contributed by atoms with Crippen LogP contribution in [0.2, 0.25) is 0 Å². The van der Waals surface area contributed by atoms with Gasteiger partial charge in [-0.1, -0.05) is 18.2 Å². The fourth-order valence-corrected chi connectivity index (χ4v) is 2.35. The number of halogens is 3. The fourth-order valence-electron chi connectivity index (χ4n) is 2.35. The minimum Gasteiger partial charge on any atom is -0.507 e. The van der Waals surface area contributed by atoms with Gasteiger partial charge in [0.15, 0.2) is 5.69 Å². The van der Waals surface area contributed by atoms with Crippen LogP contribution in [0.3, 0.4) is 0 Å². The number of aromatic nitrogens is 3. The summed E-state index contributed by atoms with van der Waals surface area (Å²) in [5.41, 5.74) is 5.55. The summed E-state index contributed by atoms with van der Waals surface area (Å²) < 4.78 is 37.9. The third-order valence-electron chi connectivity index (χ3n) is 3.58. The number of nitrogens with two attached hydrogens (primary N) is 1. The van der Waals surface area contributed by atoms with Crippen molar-refractivity contribution < 1.29 is 23.1 Å². The molecule has 0 radical (unpaired) electrons. The molecule has 0 saturated heterocycles. The van der Waals surface area contributed by atoms with Gasteiger partial charge in [0.1, 0.15) is 11.4 Å². The van der Waals surface area contributed by atoms with Gasteiger partial charge in [-0.3, -0.25) is 4.79 Å². The lowest BCUT2D eigenvalue weighted by atomic mass is 9.99. The van der Waals surface area contributed by atoms with Gasteiger partial charge in [-0.15, -0.1) is 0 Å². The number of hydrogen-bond donors (Lipinski definition) is 3. The smallest absolute Gasteiger partial charge is 0.416 e. The Labute approximate surface area is 139 Å². The third-order valence-corrected chi connectivity index (χ3v) is 3.58. The first-order valence-corrected chi connectivity index (χ1v) is 6.99. The predicted molar refractivity (Wildman–Crippen MR) is 82.4 cm³/mol. The number of carbonyl (C=O) groups is 1. The fraction of sp³-hybridized carbons (Fsp3) is 0.0625. The number of benzene rings is 2. The van der Waals surface area contributed by atoms with Crippen molar-refractivity contribution in [1.29, 1.82) is 0 Å². The van der Waals surface area contributed by atoms with Crippen LogP contribution in [-0.2, 0) is 6.18 Å². The van der Waals surface area contributed by atoms with E-state index in [1.54, 1.807) is 0 Å². The molecule has 25 heavy (non-hydrogen) atoms. The van der Waals surface area contributed by atoms with Gasteiger partial charge in [0, 0.05) is 5.56 Å². The number of nitrogens with one attached hydrogen (secondary N) is 1. The molecular formula is C16H11F3N4O2. The minimum atomic E-state index is -4.42. The summed E-state index contributed by atoms with van der Waals surface area (Å²) in [6.07, 6.45) is -4.42. The number of alkyl halides is 3. The summed E-state index contributed by atoms with van der Waals surface area (Å²) in [6, 6.07) is 8.93. The summed E-state index contributed by atoms with van der Waals surface area (Å²) >= 11 is 0. The highest BCUT2D eigenvalue weighted by atomic mass is 19.4. The van der Waals surface area contributed by atoms with Crippen LogP contribution in [0.15, 0.2) is 42.5 Å². The molecule has 0 spiro atoms. The summed E-state index contributed by atoms with van der Waals surface area (Å²) in [5.74, 6) is -1.00. The summed E-state index contributed by atoms with van der Waals surface area (Å²) in [5, 5.41) is 19.7. The first kappa shape index (κ1) is 16.5. The van der Waals surface area contributed by atoms with E-state index in [4.69, 9.17) is 5.73 Å². The van der Waals surface area contributed by atoms with E-state index in [1.807, 2.05) is 0 Å². The second kappa shape index (κ2) is 5.93. The Hall–Kier alpha value is -3.36. The topological polar surface area (TPSA) is 105 Å². The number of aromatic amines is 1. The molecule has 0 aliphatic carbocycles. The first-order valence-electron chi connectivity index (χ1n) is 6.99. The Kier molecular flexibility index (Phi) is 3.91. The molecule has 0 fully saturated rings. The largest absolute Gasteiger partial charge is 0.507 e. The number of aromatic hydroxyl groups is 1. The number of carbonyl (C=O) groups excluding carboxylic acids is 1. The van der Waals surface area contributed by atoms with Crippen molar-refractivity contribution in [3.63, 3.8) is 0 Å². The molecule has 6 nitrogen and oxygen atoms in total. The van der Waals surface area contributed by atoms with Crippen LogP contribution < -0.4 is 5.73 Å². The zero-order chi connectivity index (χ0) is 18.2. The van der Waals surface area contributed by atoms with Crippen molar-refractivity contribution in [3.05, 3.63) is 53.7 Å². The van der Waals surface area contributed by atoms with Crippen LogP contribution in [0.4, 0.5) is 13.2 Å². The van der Waals surface area contributed by atoms with E-state index in [2.05, 4.69) is 15.4 Å². The van der Waals surface area contributed by atoms with Gasteiger partial charge in [0.2, 0.25) is 0 Å². The van der Waals surface area contributed by atoms with Crippen LogP contribution in [0, 0.1) is 0 Å². The summed E-state index contributed by atoms with van der Waals surface area (Å²) in [6.45, 7) is 0. The van der Waals surface area contributed by atoms with Gasteiger partial charge in [-0.2, -0.15) is 28.6 Å². The highest BCUT2D eigenvalue weighted by Crippen LogP contribution is 2.35. The molecule has 9 heteroatoms. The molecular weight excluding hydrogens is 337 g/mol. The number of amides is 1. The van der Waals surface area contributed by atoms with E-state index in [0.29, 0.717) is 11.1 Å². The molecule has 0 aliphatic rings. The van der Waals surface area contributed by atoms with Crippen molar-refractivity contribution in [2.45, 2.75) is 6.18 Å². The quantitative estimate of drug-likeness (QED) is 0.677. The number of phenols is 1. The lowest BCUT2D eigenvalue weighted by Crippen LogP contribution is -2.12. The molecule has 2 aromatic carbocycles. The van der Waals surface area contributed by atoms with Gasteiger partial charge >= 0.3 is 6.18 Å². The van der Waals surface area contributed by atoms with E-state index in [1.165, 1.54) is 30.3 Å². The van der Waals surface area contributed by atoms with Crippen LogP contribution in [0.25, 0.3) is 22.4 Å². The number of rotatable bonds is 3. The Bertz CT molecular complexity index is 933. The lowest BCUT2D eigenvalue weighted by Gasteiger charge is -2.09. The van der Waals surface area contributed by atoms with Crippen molar-refractivity contribution in [2.24, 2.45) is 5.73 Å². The molecule has 1 heterocycles. The number of primary amides is 1. The SMILES string of the molecule is NC(=O)c1n[nH]nc1-c1cc(-c2ccc(C(F)(F)F)cc2)ccc1O. The van der Waals surface area contributed by atoms with Crippen LogP contribution >= 0.6 is 0 Å². The van der Waals surface area contributed by atoms with Crippen molar-refractivity contribution in [2.75, 3.05) is 0 Å². The lowest BCUT2D eigenvalue weighted by molar-refractivity contribution is -0.137. The number of phenolic OH excluding ortho intramolecular Hbond substituents is 1. The van der Waals surface area contributed by atoms with Gasteiger partial charge in [-0.05, 0) is 35.4 Å². The molecule has 0 bridgehead atoms. The van der Waals surface area contributed by atoms with Crippen molar-refractivity contribution in [3.8, 4) is 28.1 Å². The molecule has 0 atom stereocenters. The second-order valence-electron chi connectivity index (χ2n) is 5.19. The van der Waals surface area contributed by atoms with E-state index in [0.717, 1.165) is 12.1 Å². The monoisotopic (exact) mass is 348 g/mol. The molecule has 4 N–H and O–H groups in total. The number of nitrogens with zero attached hydrogens (tertiary/aromatic N) is 2. The Morgan fingerprint density at radius 2 is 1.68 bits per heavy atom. The maximum absolute atomic E-state index is 12.6. The maximum Gasteiger partial charge on any atom is 0.416 e. The average Bonchev–Trinajstić information content (AvgIpc) is 3.04. The van der Waals surface area contributed by atoms with Crippen molar-refractivity contribution >= 4 is 5.91 Å². The maximum atomic E-state index is 12.6. The van der Waals surface area contributed by atoms with Gasteiger partial charge < -0.3 is 10.8 Å². The van der Waals surface area contributed by atoms with E-state index in [9.17, 15) is 23.1 Å². The molecule has 0 saturated carbocycles. The molecule has 1 aromatic heterocycles. The summed E-state index contributed by atoms with van der Waals surface area (Å²) in [7, 11) is 0. The average molecular weight is 348 g/mol. The third kappa shape index (κ3) is 3.16. The minimum absolute atomic E-state index is 0.0544. The van der Waals surface area contributed by atoms with Crippen molar-refractivity contribution in [1.82, 2.24) is 15.4 Å². The van der Waals surface area contributed by atoms with E-state index < -0.39 is 17.6 Å². The van der Waals surface area contributed by atoms with Crippen LogP contribution in [0.5, 0.6) is 5.75 Å². The Balaban J connectivity index is 2.05. The molecule has 1 amide bonds. The van der Waals surface area contributed by atoms with Crippen LogP contribution in [-0.4, -0.2) is 26.4 Å². The molecule has 128 valence electrons. The number of hydrogen-bond acceptors (Lipinski definition) is 4. The zero-order valence-electron chi connectivity index (χ0n) is 12.5. The van der Waals surface area contributed by atoms with Crippen LogP contribution in [0.1, 0.15) is 16.1 Å². The van der Waals surface area contributed by atoms with E-state index >= 15 is 0 Å². The molecule has 0 aliphatic heterocycles. The normalized spacial score (nSPS) is 11.5. The highest BCUT2D eigenvalue weighted by molar-refractivity contribution is 5.97. The van der Waals surface area contributed by atoms with Gasteiger partial charge in [0.05, 0.1) is 5.56 Å².